The molecular weight excluding hydrogens is 356 g/mol. The van der Waals surface area contributed by atoms with E-state index in [4.69, 9.17) is 4.74 Å². The number of fused-ring (bicyclic) bond motifs is 1. The van der Waals surface area contributed by atoms with Gasteiger partial charge in [-0.1, -0.05) is 12.1 Å². The number of hydrogen-bond donors (Lipinski definition) is 1. The highest BCUT2D eigenvalue weighted by atomic mass is 32.1. The molecule has 3 rings (SSSR count). The van der Waals surface area contributed by atoms with E-state index in [0.29, 0.717) is 16.1 Å². The smallest absolute Gasteiger partial charge is 0.340 e. The highest BCUT2D eigenvalue weighted by molar-refractivity contribution is 7.16. The number of amides is 3. The molecule has 1 aliphatic heterocycles. The Balaban J connectivity index is 1.65. The molecule has 26 heavy (non-hydrogen) atoms. The van der Waals surface area contributed by atoms with Crippen LogP contribution in [0.5, 0.6) is 0 Å². The summed E-state index contributed by atoms with van der Waals surface area (Å²) in [7, 11) is 1.27. The molecule has 7 nitrogen and oxygen atoms in total. The number of nitrogens with zero attached hydrogens (tertiary/aromatic N) is 1. The maximum Gasteiger partial charge on any atom is 0.340 e. The molecule has 8 heteroatoms. The maximum absolute atomic E-state index is 12.3. The number of carbonyl (C=O) groups is 4. The average molecular weight is 372 g/mol. The minimum atomic E-state index is -0.537. The normalized spacial score (nSPS) is 12.9. The van der Waals surface area contributed by atoms with Crippen molar-refractivity contribution in [1.82, 2.24) is 4.90 Å². The zero-order valence-electron chi connectivity index (χ0n) is 14.2. The van der Waals surface area contributed by atoms with Crippen molar-refractivity contribution in [2.45, 2.75) is 13.3 Å². The Morgan fingerprint density at radius 3 is 2.35 bits per heavy atom. The summed E-state index contributed by atoms with van der Waals surface area (Å²) >= 11 is 1.26. The van der Waals surface area contributed by atoms with Crippen molar-refractivity contribution in [3.05, 3.63) is 51.9 Å². The molecule has 2 heterocycles. The number of imide groups is 1. The van der Waals surface area contributed by atoms with Crippen LogP contribution in [0.3, 0.4) is 0 Å². The van der Waals surface area contributed by atoms with Crippen molar-refractivity contribution < 1.29 is 23.9 Å². The number of hydrogen-bond acceptors (Lipinski definition) is 6. The van der Waals surface area contributed by atoms with Crippen LogP contribution in [0.4, 0.5) is 5.00 Å². The van der Waals surface area contributed by atoms with Crippen molar-refractivity contribution in [2.75, 3.05) is 19.0 Å². The largest absolute Gasteiger partial charge is 0.465 e. The quantitative estimate of drug-likeness (QED) is 0.643. The molecule has 0 atom stereocenters. The van der Waals surface area contributed by atoms with Crippen LogP contribution in [0.25, 0.3) is 0 Å². The van der Waals surface area contributed by atoms with Gasteiger partial charge in [0.15, 0.2) is 0 Å². The summed E-state index contributed by atoms with van der Waals surface area (Å²) in [6.45, 7) is 1.78. The molecule has 0 aliphatic carbocycles. The van der Waals surface area contributed by atoms with Crippen LogP contribution in [0, 0.1) is 6.92 Å². The van der Waals surface area contributed by atoms with Gasteiger partial charge in [0.25, 0.3) is 11.8 Å². The fraction of sp³-hybridized carbons (Fsp3) is 0.222. The van der Waals surface area contributed by atoms with Crippen molar-refractivity contribution in [3.8, 4) is 0 Å². The Morgan fingerprint density at radius 1 is 1.15 bits per heavy atom. The van der Waals surface area contributed by atoms with E-state index in [1.54, 1.807) is 30.3 Å². The monoisotopic (exact) mass is 372 g/mol. The fourth-order valence-corrected chi connectivity index (χ4v) is 3.63. The zero-order chi connectivity index (χ0) is 18.8. The highest BCUT2D eigenvalue weighted by Gasteiger charge is 2.35. The zero-order valence-corrected chi connectivity index (χ0v) is 15.0. The molecule has 0 radical (unpaired) electrons. The van der Waals surface area contributed by atoms with E-state index >= 15 is 0 Å². The van der Waals surface area contributed by atoms with Gasteiger partial charge in [-0.2, -0.15) is 0 Å². The van der Waals surface area contributed by atoms with Gasteiger partial charge in [-0.25, -0.2) is 4.79 Å². The van der Waals surface area contributed by atoms with Crippen LogP contribution >= 0.6 is 11.3 Å². The van der Waals surface area contributed by atoms with Gasteiger partial charge in [0.2, 0.25) is 5.91 Å². The average Bonchev–Trinajstić information content (AvgIpc) is 3.11. The van der Waals surface area contributed by atoms with Crippen LogP contribution < -0.4 is 5.32 Å². The first kappa shape index (κ1) is 17.8. The van der Waals surface area contributed by atoms with Crippen molar-refractivity contribution in [2.24, 2.45) is 0 Å². The molecule has 1 aromatic heterocycles. The maximum atomic E-state index is 12.3. The third kappa shape index (κ3) is 3.23. The predicted octanol–water partition coefficient (Wildman–Crippen LogP) is 2.47. The van der Waals surface area contributed by atoms with E-state index < -0.39 is 23.7 Å². The molecule has 0 fully saturated rings. The number of methoxy groups -OCH3 is 1. The predicted molar refractivity (Wildman–Crippen MR) is 95.5 cm³/mol. The Bertz CT molecular complexity index is 883. The molecule has 3 amide bonds. The van der Waals surface area contributed by atoms with Gasteiger partial charge in [0.1, 0.15) is 5.00 Å². The second-order valence-electron chi connectivity index (χ2n) is 5.70. The first-order valence-electron chi connectivity index (χ1n) is 7.86. The number of aryl methyl sites for hydroxylation is 1. The lowest BCUT2D eigenvalue weighted by Crippen LogP contribution is -2.32. The van der Waals surface area contributed by atoms with Crippen LogP contribution in [-0.2, 0) is 9.53 Å². The molecule has 1 N–H and O–H groups in total. The lowest BCUT2D eigenvalue weighted by Gasteiger charge is -2.13. The minimum Gasteiger partial charge on any atom is -0.465 e. The molecule has 1 aromatic carbocycles. The van der Waals surface area contributed by atoms with Gasteiger partial charge < -0.3 is 10.1 Å². The third-order valence-electron chi connectivity index (χ3n) is 3.95. The van der Waals surface area contributed by atoms with Crippen LogP contribution in [0.2, 0.25) is 0 Å². The number of anilines is 1. The minimum absolute atomic E-state index is 0.0317. The molecule has 0 spiro atoms. The van der Waals surface area contributed by atoms with Gasteiger partial charge in [-0.15, -0.1) is 11.3 Å². The Morgan fingerprint density at radius 2 is 1.77 bits per heavy atom. The summed E-state index contributed by atoms with van der Waals surface area (Å²) in [5, 5.41) is 3.04. The fourth-order valence-electron chi connectivity index (χ4n) is 2.71. The van der Waals surface area contributed by atoms with E-state index in [1.165, 1.54) is 18.4 Å². The second-order valence-corrected chi connectivity index (χ2v) is 6.95. The van der Waals surface area contributed by atoms with E-state index in [0.717, 1.165) is 9.78 Å². The van der Waals surface area contributed by atoms with Crippen molar-refractivity contribution >= 4 is 40.0 Å². The highest BCUT2D eigenvalue weighted by Crippen LogP contribution is 2.28. The van der Waals surface area contributed by atoms with Crippen LogP contribution in [0.15, 0.2) is 30.3 Å². The summed E-state index contributed by atoms with van der Waals surface area (Å²) in [4.78, 5) is 50.4. The molecule has 0 saturated carbocycles. The van der Waals surface area contributed by atoms with Crippen molar-refractivity contribution in [1.29, 1.82) is 0 Å². The number of nitrogens with one attached hydrogen (secondary N) is 1. The van der Waals surface area contributed by atoms with Gasteiger partial charge in [0, 0.05) is 17.8 Å². The molecule has 0 saturated heterocycles. The first-order chi connectivity index (χ1) is 12.4. The van der Waals surface area contributed by atoms with Crippen LogP contribution in [-0.4, -0.2) is 42.2 Å². The molecular formula is C18H16N2O5S. The van der Waals surface area contributed by atoms with E-state index in [1.807, 2.05) is 6.92 Å². The summed E-state index contributed by atoms with van der Waals surface area (Å²) in [5.74, 6) is -1.74. The number of carbonyl (C=O) groups excluding carboxylic acids is 4. The SMILES string of the molecule is COC(=O)c1cc(C)sc1NC(=O)CCN1C(=O)c2ccccc2C1=O. The Labute approximate surface area is 153 Å². The van der Waals surface area contributed by atoms with Gasteiger partial charge in [-0.05, 0) is 25.1 Å². The third-order valence-corrected chi connectivity index (χ3v) is 4.92. The van der Waals surface area contributed by atoms with Crippen molar-refractivity contribution in [3.63, 3.8) is 0 Å². The van der Waals surface area contributed by atoms with E-state index in [9.17, 15) is 19.2 Å². The molecule has 0 bridgehead atoms. The number of benzene rings is 1. The lowest BCUT2D eigenvalue weighted by atomic mass is 10.1. The molecule has 1 aliphatic rings. The molecule has 134 valence electrons. The lowest BCUT2D eigenvalue weighted by molar-refractivity contribution is -0.116. The second kappa shape index (κ2) is 7.09. The topological polar surface area (TPSA) is 92.8 Å². The van der Waals surface area contributed by atoms with Crippen LogP contribution in [0.1, 0.15) is 42.4 Å². The standard InChI is InChI=1S/C18H16N2O5S/c1-10-9-13(18(24)25-2)15(26-10)19-14(21)7-8-20-16(22)11-5-3-4-6-12(11)17(20)23/h3-6,9H,7-8H2,1-2H3,(H,19,21). The Kier molecular flexibility index (Phi) is 4.85. The molecule has 2 aromatic rings. The number of thiophene rings is 1. The van der Waals surface area contributed by atoms with Gasteiger partial charge >= 0.3 is 5.97 Å². The molecule has 0 unspecified atom stereocenters. The van der Waals surface area contributed by atoms with E-state index in [2.05, 4.69) is 5.32 Å². The number of ether oxygens (including phenoxy) is 1. The number of esters is 1. The number of rotatable bonds is 5. The first-order valence-corrected chi connectivity index (χ1v) is 8.68. The Hall–Kier alpha value is -3.00. The van der Waals surface area contributed by atoms with E-state index in [-0.39, 0.29) is 18.5 Å². The summed E-state index contributed by atoms with van der Waals surface area (Å²) in [6.07, 6.45) is -0.0664. The van der Waals surface area contributed by atoms with Gasteiger partial charge in [-0.3, -0.25) is 19.3 Å². The summed E-state index contributed by atoms with van der Waals surface area (Å²) in [6, 6.07) is 8.19. The summed E-state index contributed by atoms with van der Waals surface area (Å²) in [5.41, 5.74) is 0.976. The summed E-state index contributed by atoms with van der Waals surface area (Å²) < 4.78 is 4.70. The van der Waals surface area contributed by atoms with Gasteiger partial charge in [0.05, 0.1) is 23.8 Å².